The van der Waals surface area contributed by atoms with Crippen LogP contribution in [0.1, 0.15) is 82.8 Å². The SMILES string of the molecule is Cc1ccc2c(C3CCCCC3)c(Br)n(CCCC(=O)OC(C)(C)C)c2c1. The van der Waals surface area contributed by atoms with Gasteiger partial charge in [0.05, 0.1) is 4.60 Å². The molecular formula is C23H32BrNO2. The number of halogens is 1. The van der Waals surface area contributed by atoms with Crippen molar-refractivity contribution in [2.45, 2.75) is 90.7 Å². The van der Waals surface area contributed by atoms with Crippen LogP contribution in [0.15, 0.2) is 22.8 Å². The van der Waals surface area contributed by atoms with E-state index in [-0.39, 0.29) is 5.97 Å². The Hall–Kier alpha value is -1.29. The van der Waals surface area contributed by atoms with Gasteiger partial charge in [0.15, 0.2) is 0 Å². The second kappa shape index (κ2) is 8.38. The van der Waals surface area contributed by atoms with Gasteiger partial charge in [-0.1, -0.05) is 31.4 Å². The second-order valence-corrected chi connectivity index (χ2v) is 9.65. The van der Waals surface area contributed by atoms with Gasteiger partial charge in [-0.15, -0.1) is 0 Å². The topological polar surface area (TPSA) is 31.2 Å². The molecule has 0 amide bonds. The van der Waals surface area contributed by atoms with E-state index in [2.05, 4.69) is 45.6 Å². The number of hydrogen-bond acceptors (Lipinski definition) is 2. The first-order valence-electron chi connectivity index (χ1n) is 10.3. The Labute approximate surface area is 171 Å². The van der Waals surface area contributed by atoms with Crippen LogP contribution in [0.25, 0.3) is 10.9 Å². The Bertz CT molecular complexity index is 810. The molecule has 1 aliphatic carbocycles. The fraction of sp³-hybridized carbons (Fsp3) is 0.609. The summed E-state index contributed by atoms with van der Waals surface area (Å²) in [5.41, 5.74) is 3.62. The summed E-state index contributed by atoms with van der Waals surface area (Å²) in [5.74, 6) is 0.532. The van der Waals surface area contributed by atoms with Gasteiger partial charge in [-0.2, -0.15) is 0 Å². The smallest absolute Gasteiger partial charge is 0.306 e. The van der Waals surface area contributed by atoms with E-state index in [0.717, 1.165) is 13.0 Å². The standard InChI is InChI=1S/C23H32BrNO2/c1-16-12-13-18-19(15-16)25(14-8-11-20(26)27-23(2,3)4)22(24)21(18)17-9-6-5-7-10-17/h12-13,15,17H,5-11,14H2,1-4H3. The van der Waals surface area contributed by atoms with Crippen molar-refractivity contribution in [2.24, 2.45) is 0 Å². The number of esters is 1. The van der Waals surface area contributed by atoms with E-state index < -0.39 is 5.60 Å². The summed E-state index contributed by atoms with van der Waals surface area (Å²) >= 11 is 3.92. The van der Waals surface area contributed by atoms with Crippen LogP contribution >= 0.6 is 15.9 Å². The summed E-state index contributed by atoms with van der Waals surface area (Å²) in [6.07, 6.45) is 7.82. The quantitative estimate of drug-likeness (QED) is 0.480. The van der Waals surface area contributed by atoms with Crippen molar-refractivity contribution in [2.75, 3.05) is 0 Å². The Balaban J connectivity index is 1.83. The lowest BCUT2D eigenvalue weighted by Gasteiger charge is -2.22. The monoisotopic (exact) mass is 433 g/mol. The number of nitrogens with zero attached hydrogens (tertiary/aromatic N) is 1. The zero-order valence-electron chi connectivity index (χ0n) is 17.1. The lowest BCUT2D eigenvalue weighted by molar-refractivity contribution is -0.154. The first kappa shape index (κ1) is 20.4. The van der Waals surface area contributed by atoms with Crippen molar-refractivity contribution in [1.82, 2.24) is 4.57 Å². The van der Waals surface area contributed by atoms with Crippen molar-refractivity contribution in [1.29, 1.82) is 0 Å². The fourth-order valence-corrected chi connectivity index (χ4v) is 5.13. The van der Waals surface area contributed by atoms with Crippen LogP contribution in [0.2, 0.25) is 0 Å². The summed E-state index contributed by atoms with van der Waals surface area (Å²) in [7, 11) is 0. The molecule has 0 saturated heterocycles. The van der Waals surface area contributed by atoms with Crippen molar-refractivity contribution in [3.05, 3.63) is 33.9 Å². The average Bonchev–Trinajstić information content (AvgIpc) is 2.85. The molecule has 1 heterocycles. The largest absolute Gasteiger partial charge is 0.460 e. The lowest BCUT2D eigenvalue weighted by Crippen LogP contribution is -2.23. The number of fused-ring (bicyclic) bond motifs is 1. The van der Waals surface area contributed by atoms with Gasteiger partial charge in [0.1, 0.15) is 5.60 Å². The molecule has 1 aromatic carbocycles. The van der Waals surface area contributed by atoms with Gasteiger partial charge in [-0.3, -0.25) is 4.79 Å². The lowest BCUT2D eigenvalue weighted by atomic mass is 9.84. The van der Waals surface area contributed by atoms with Crippen LogP contribution in [-0.2, 0) is 16.1 Å². The summed E-state index contributed by atoms with van der Waals surface area (Å²) in [5, 5.41) is 1.37. The molecule has 0 spiro atoms. The molecule has 0 aliphatic heterocycles. The van der Waals surface area contributed by atoms with Crippen LogP contribution in [0, 0.1) is 6.92 Å². The second-order valence-electron chi connectivity index (χ2n) is 8.90. The molecule has 3 rings (SSSR count). The Morgan fingerprint density at radius 3 is 2.59 bits per heavy atom. The molecule has 1 saturated carbocycles. The molecule has 0 bridgehead atoms. The molecule has 0 radical (unpaired) electrons. The first-order chi connectivity index (χ1) is 12.8. The van der Waals surface area contributed by atoms with E-state index in [1.54, 1.807) is 0 Å². The molecule has 4 heteroatoms. The minimum Gasteiger partial charge on any atom is -0.460 e. The van der Waals surface area contributed by atoms with Gasteiger partial charge in [0.25, 0.3) is 0 Å². The van der Waals surface area contributed by atoms with Crippen molar-refractivity contribution in [3.63, 3.8) is 0 Å². The Kier molecular flexibility index (Phi) is 6.35. The Morgan fingerprint density at radius 2 is 1.93 bits per heavy atom. The summed E-state index contributed by atoms with van der Waals surface area (Å²) in [4.78, 5) is 12.1. The number of hydrogen-bond donors (Lipinski definition) is 0. The maximum absolute atomic E-state index is 12.1. The zero-order valence-corrected chi connectivity index (χ0v) is 18.7. The molecule has 3 nitrogen and oxygen atoms in total. The molecule has 1 aromatic heterocycles. The van der Waals surface area contributed by atoms with Gasteiger partial charge in [-0.25, -0.2) is 0 Å². The van der Waals surface area contributed by atoms with Gasteiger partial charge in [0.2, 0.25) is 0 Å². The maximum atomic E-state index is 12.1. The van der Waals surface area contributed by atoms with Crippen molar-refractivity contribution < 1.29 is 9.53 Å². The van der Waals surface area contributed by atoms with E-state index in [0.29, 0.717) is 12.3 Å². The molecule has 148 valence electrons. The number of aryl methyl sites for hydroxylation is 2. The van der Waals surface area contributed by atoms with E-state index in [9.17, 15) is 4.79 Å². The van der Waals surface area contributed by atoms with E-state index in [4.69, 9.17) is 4.74 Å². The van der Waals surface area contributed by atoms with E-state index in [1.807, 2.05) is 20.8 Å². The van der Waals surface area contributed by atoms with Crippen LogP contribution in [0.4, 0.5) is 0 Å². The highest BCUT2D eigenvalue weighted by Crippen LogP contribution is 2.42. The first-order valence-corrected chi connectivity index (χ1v) is 11.1. The zero-order chi connectivity index (χ0) is 19.6. The van der Waals surface area contributed by atoms with Crippen LogP contribution in [0.5, 0.6) is 0 Å². The third kappa shape index (κ3) is 4.96. The van der Waals surface area contributed by atoms with Crippen LogP contribution in [-0.4, -0.2) is 16.1 Å². The molecule has 0 unspecified atom stereocenters. The molecule has 27 heavy (non-hydrogen) atoms. The van der Waals surface area contributed by atoms with Crippen molar-refractivity contribution >= 4 is 32.8 Å². The Morgan fingerprint density at radius 1 is 1.22 bits per heavy atom. The fourth-order valence-electron chi connectivity index (χ4n) is 4.23. The highest BCUT2D eigenvalue weighted by molar-refractivity contribution is 9.10. The third-order valence-corrected chi connectivity index (χ3v) is 6.24. The number of benzene rings is 1. The number of carbonyl (C=O) groups excluding carboxylic acids is 1. The molecular weight excluding hydrogens is 402 g/mol. The van der Waals surface area contributed by atoms with Crippen LogP contribution < -0.4 is 0 Å². The third-order valence-electron chi connectivity index (χ3n) is 5.39. The summed E-state index contributed by atoms with van der Waals surface area (Å²) in [6.45, 7) is 8.72. The number of rotatable bonds is 5. The number of ether oxygens (including phenoxy) is 1. The van der Waals surface area contributed by atoms with E-state index in [1.165, 1.54) is 58.7 Å². The van der Waals surface area contributed by atoms with Gasteiger partial charge < -0.3 is 9.30 Å². The van der Waals surface area contributed by atoms with E-state index >= 15 is 0 Å². The van der Waals surface area contributed by atoms with Crippen LogP contribution in [0.3, 0.4) is 0 Å². The number of carbonyl (C=O) groups is 1. The summed E-state index contributed by atoms with van der Waals surface area (Å²) in [6, 6.07) is 6.77. The predicted octanol–water partition coefficient (Wildman–Crippen LogP) is 6.88. The average molecular weight is 434 g/mol. The normalized spacial score (nSPS) is 16.0. The maximum Gasteiger partial charge on any atom is 0.306 e. The molecule has 1 fully saturated rings. The minimum atomic E-state index is -0.414. The molecule has 2 aromatic rings. The van der Waals surface area contributed by atoms with Crippen molar-refractivity contribution in [3.8, 4) is 0 Å². The number of aromatic nitrogens is 1. The highest BCUT2D eigenvalue weighted by atomic mass is 79.9. The van der Waals surface area contributed by atoms with Gasteiger partial charge in [-0.05, 0) is 86.0 Å². The molecule has 1 aliphatic rings. The van der Waals surface area contributed by atoms with Gasteiger partial charge >= 0.3 is 5.97 Å². The predicted molar refractivity (Wildman–Crippen MR) is 115 cm³/mol. The summed E-state index contributed by atoms with van der Waals surface area (Å²) < 4.78 is 9.02. The van der Waals surface area contributed by atoms with Gasteiger partial charge in [0, 0.05) is 23.9 Å². The highest BCUT2D eigenvalue weighted by Gasteiger charge is 2.24. The minimum absolute atomic E-state index is 0.112. The molecule has 0 N–H and O–H groups in total. The molecule has 0 atom stereocenters.